The van der Waals surface area contributed by atoms with Gasteiger partial charge in [0.2, 0.25) is 0 Å². The summed E-state index contributed by atoms with van der Waals surface area (Å²) in [5.41, 5.74) is -1.85. The quantitative estimate of drug-likeness (QED) is 0.606. The first-order valence-corrected chi connectivity index (χ1v) is 10.2. The summed E-state index contributed by atoms with van der Waals surface area (Å²) in [5, 5.41) is 12.9. The van der Waals surface area contributed by atoms with E-state index in [9.17, 15) is 30.8 Å². The van der Waals surface area contributed by atoms with Crippen LogP contribution >= 0.6 is 0 Å². The Hall–Kier alpha value is -3.21. The van der Waals surface area contributed by atoms with Crippen LogP contribution in [0.4, 0.5) is 17.6 Å². The van der Waals surface area contributed by atoms with Crippen molar-refractivity contribution in [3.05, 3.63) is 60.0 Å². The van der Waals surface area contributed by atoms with Gasteiger partial charge in [0.25, 0.3) is 0 Å². The molecule has 0 aliphatic heterocycles. The van der Waals surface area contributed by atoms with E-state index in [0.29, 0.717) is 4.68 Å². The fourth-order valence-electron chi connectivity index (χ4n) is 2.94. The first-order valence-electron chi connectivity index (χ1n) is 8.34. The lowest BCUT2D eigenvalue weighted by atomic mass is 9.98. The number of aromatic nitrogens is 2. The summed E-state index contributed by atoms with van der Waals surface area (Å²) in [5.74, 6) is -2.15. The molecule has 0 aliphatic carbocycles. The number of aliphatic carboxylic acids is 1. The van der Waals surface area contributed by atoms with Crippen LogP contribution in [0.2, 0.25) is 0 Å². The van der Waals surface area contributed by atoms with Gasteiger partial charge in [-0.1, -0.05) is 12.1 Å². The molecule has 0 saturated carbocycles. The summed E-state index contributed by atoms with van der Waals surface area (Å²) in [6.45, 7) is -1.05. The standard InChI is InChI=1S/C19H14F4N2O4S/c1-30(28,29)14-8-4-11(5-9-14)16-17(12-2-6-13(20)7-3-12)24-25(10-15(26)27)18(16)19(21,22)23/h2-9H,10H2,1H3,(H,26,27). The maximum atomic E-state index is 13.9. The van der Waals surface area contributed by atoms with Gasteiger partial charge >= 0.3 is 12.1 Å². The van der Waals surface area contributed by atoms with Gasteiger partial charge in [-0.25, -0.2) is 17.5 Å². The van der Waals surface area contributed by atoms with E-state index in [1.807, 2.05) is 0 Å². The number of carboxylic acid groups (broad SMARTS) is 1. The van der Waals surface area contributed by atoms with E-state index in [1.165, 1.54) is 24.3 Å². The molecule has 3 rings (SSSR count). The monoisotopic (exact) mass is 442 g/mol. The van der Waals surface area contributed by atoms with E-state index >= 15 is 0 Å². The number of sulfone groups is 1. The average molecular weight is 442 g/mol. The Morgan fingerprint density at radius 3 is 2.03 bits per heavy atom. The molecule has 3 aromatic rings. The minimum absolute atomic E-state index is 0.0225. The number of hydrogen-bond donors (Lipinski definition) is 1. The van der Waals surface area contributed by atoms with E-state index in [-0.39, 0.29) is 21.7 Å². The highest BCUT2D eigenvalue weighted by atomic mass is 32.2. The fourth-order valence-corrected chi connectivity index (χ4v) is 3.58. The van der Waals surface area contributed by atoms with E-state index < -0.39 is 45.6 Å². The van der Waals surface area contributed by atoms with E-state index in [4.69, 9.17) is 5.11 Å². The smallest absolute Gasteiger partial charge is 0.433 e. The predicted octanol–water partition coefficient (Wildman–Crippen LogP) is 3.86. The van der Waals surface area contributed by atoms with Crippen molar-refractivity contribution in [2.24, 2.45) is 0 Å². The molecule has 0 bridgehead atoms. The Morgan fingerprint density at radius 1 is 1.03 bits per heavy atom. The highest BCUT2D eigenvalue weighted by molar-refractivity contribution is 7.90. The largest absolute Gasteiger partial charge is 0.480 e. The zero-order chi connectivity index (χ0) is 22.3. The van der Waals surface area contributed by atoms with Crippen LogP contribution in [-0.4, -0.2) is 35.5 Å². The predicted molar refractivity (Wildman–Crippen MR) is 98.8 cm³/mol. The maximum Gasteiger partial charge on any atom is 0.433 e. The second-order valence-corrected chi connectivity index (χ2v) is 8.44. The van der Waals surface area contributed by atoms with Gasteiger partial charge in [-0.2, -0.15) is 18.3 Å². The van der Waals surface area contributed by atoms with Crippen molar-refractivity contribution in [2.45, 2.75) is 17.6 Å². The molecule has 158 valence electrons. The minimum Gasteiger partial charge on any atom is -0.480 e. The molecule has 1 aromatic heterocycles. The number of hydrogen-bond acceptors (Lipinski definition) is 4. The number of alkyl halides is 3. The van der Waals surface area contributed by atoms with Crippen molar-refractivity contribution in [3.63, 3.8) is 0 Å². The van der Waals surface area contributed by atoms with Crippen molar-refractivity contribution in [2.75, 3.05) is 6.26 Å². The molecule has 6 nitrogen and oxygen atoms in total. The number of carbonyl (C=O) groups is 1. The number of halogens is 4. The third-order valence-corrected chi connectivity index (χ3v) is 5.32. The van der Waals surface area contributed by atoms with Crippen molar-refractivity contribution < 1.29 is 35.9 Å². The molecule has 1 N–H and O–H groups in total. The zero-order valence-electron chi connectivity index (χ0n) is 15.3. The molecule has 0 saturated heterocycles. The summed E-state index contributed by atoms with van der Waals surface area (Å²) in [4.78, 5) is 11.0. The highest BCUT2D eigenvalue weighted by Crippen LogP contribution is 2.42. The van der Waals surface area contributed by atoms with Crippen LogP contribution in [0.15, 0.2) is 53.4 Å². The van der Waals surface area contributed by atoms with Gasteiger partial charge in [-0.15, -0.1) is 0 Å². The van der Waals surface area contributed by atoms with Gasteiger partial charge in [0.15, 0.2) is 15.5 Å². The Bertz CT molecular complexity index is 1200. The Kier molecular flexibility index (Phi) is 5.42. The SMILES string of the molecule is CS(=O)(=O)c1ccc(-c2c(-c3ccc(F)cc3)nn(CC(=O)O)c2C(F)(F)F)cc1. The fraction of sp³-hybridized carbons (Fsp3) is 0.158. The molecule has 0 unspecified atom stereocenters. The summed E-state index contributed by atoms with van der Waals surface area (Å²) in [6, 6.07) is 9.17. The van der Waals surface area contributed by atoms with Gasteiger partial charge in [0.05, 0.1) is 4.90 Å². The number of benzene rings is 2. The van der Waals surface area contributed by atoms with Crippen LogP contribution in [0.1, 0.15) is 5.69 Å². The van der Waals surface area contributed by atoms with Crippen LogP contribution in [0.5, 0.6) is 0 Å². The van der Waals surface area contributed by atoms with Crippen LogP contribution in [0, 0.1) is 5.82 Å². The van der Waals surface area contributed by atoms with Crippen molar-refractivity contribution >= 4 is 15.8 Å². The number of nitrogens with zero attached hydrogens (tertiary/aromatic N) is 2. The molecule has 0 aliphatic rings. The Balaban J connectivity index is 2.33. The van der Waals surface area contributed by atoms with Crippen LogP contribution < -0.4 is 0 Å². The van der Waals surface area contributed by atoms with Gasteiger partial charge in [-0.3, -0.25) is 4.79 Å². The third-order valence-electron chi connectivity index (χ3n) is 4.19. The summed E-state index contributed by atoms with van der Waals surface area (Å²) in [7, 11) is -3.58. The molecule has 11 heteroatoms. The van der Waals surface area contributed by atoms with Gasteiger partial charge in [-0.05, 0) is 42.0 Å². The molecule has 0 amide bonds. The van der Waals surface area contributed by atoms with Gasteiger partial charge in [0.1, 0.15) is 18.1 Å². The lowest BCUT2D eigenvalue weighted by Gasteiger charge is -2.12. The van der Waals surface area contributed by atoms with Gasteiger partial charge in [0, 0.05) is 17.4 Å². The number of carboxylic acids is 1. The maximum absolute atomic E-state index is 13.9. The zero-order valence-corrected chi connectivity index (χ0v) is 16.1. The highest BCUT2D eigenvalue weighted by Gasteiger charge is 2.41. The van der Waals surface area contributed by atoms with Crippen molar-refractivity contribution in [1.29, 1.82) is 0 Å². The second-order valence-electron chi connectivity index (χ2n) is 6.42. The topological polar surface area (TPSA) is 89.3 Å². The molecule has 30 heavy (non-hydrogen) atoms. The normalized spacial score (nSPS) is 12.2. The molecule has 0 spiro atoms. The van der Waals surface area contributed by atoms with Crippen molar-refractivity contribution in [1.82, 2.24) is 9.78 Å². The first-order chi connectivity index (χ1) is 13.9. The lowest BCUT2D eigenvalue weighted by molar-refractivity contribution is -0.146. The molecule has 1 heterocycles. The molecule has 2 aromatic carbocycles. The lowest BCUT2D eigenvalue weighted by Crippen LogP contribution is -2.19. The van der Waals surface area contributed by atoms with E-state index in [0.717, 1.165) is 30.5 Å². The Morgan fingerprint density at radius 2 is 1.57 bits per heavy atom. The summed E-state index contributed by atoms with van der Waals surface area (Å²) < 4.78 is 78.6. The van der Waals surface area contributed by atoms with E-state index in [1.54, 1.807) is 0 Å². The molecule has 0 fully saturated rings. The first kappa shape index (κ1) is 21.5. The second kappa shape index (κ2) is 7.56. The van der Waals surface area contributed by atoms with Gasteiger partial charge < -0.3 is 5.11 Å². The van der Waals surface area contributed by atoms with Crippen LogP contribution in [0.3, 0.4) is 0 Å². The summed E-state index contributed by atoms with van der Waals surface area (Å²) in [6.07, 6.45) is -4.01. The molecule has 0 radical (unpaired) electrons. The molecular weight excluding hydrogens is 428 g/mol. The summed E-state index contributed by atoms with van der Waals surface area (Å²) >= 11 is 0. The van der Waals surface area contributed by atoms with Crippen LogP contribution in [-0.2, 0) is 27.4 Å². The van der Waals surface area contributed by atoms with Crippen LogP contribution in [0.25, 0.3) is 22.4 Å². The average Bonchev–Trinajstić information content (AvgIpc) is 3.00. The van der Waals surface area contributed by atoms with Crippen molar-refractivity contribution in [3.8, 4) is 22.4 Å². The minimum atomic E-state index is -4.97. The Labute approximate surface area is 168 Å². The van der Waals surface area contributed by atoms with E-state index in [2.05, 4.69) is 5.10 Å². The number of rotatable bonds is 5. The molecular formula is C19H14F4N2O4S. The molecule has 0 atom stereocenters. The third kappa shape index (κ3) is 4.35.